The average molecular weight is 387 g/mol. The minimum atomic E-state index is -0.467. The molecule has 0 saturated heterocycles. The largest absolute Gasteiger partial charge is 0.466 e. The molecule has 0 aliphatic rings. The Morgan fingerprint density at radius 2 is 1.93 bits per heavy atom. The lowest BCUT2D eigenvalue weighted by molar-refractivity contribution is -0.143. The monoisotopic (exact) mass is 386 g/mol. The summed E-state index contributed by atoms with van der Waals surface area (Å²) in [6.07, 6.45) is 1.17. The minimum Gasteiger partial charge on any atom is -0.466 e. The average Bonchev–Trinajstić information content (AvgIpc) is 2.65. The van der Waals surface area contributed by atoms with E-state index in [2.05, 4.69) is 4.98 Å². The van der Waals surface area contributed by atoms with Crippen LogP contribution in [0.3, 0.4) is 0 Å². The molecule has 0 amide bonds. The van der Waals surface area contributed by atoms with Crippen LogP contribution in [0.25, 0.3) is 10.9 Å². The first-order chi connectivity index (χ1) is 13.0. The topological polar surface area (TPSA) is 81.2 Å². The maximum absolute atomic E-state index is 12.4. The molecule has 2 aromatic carbocycles. The number of carbonyl (C=O) groups excluding carboxylic acids is 1. The van der Waals surface area contributed by atoms with Crippen molar-refractivity contribution in [1.82, 2.24) is 9.55 Å². The SMILES string of the molecule is O=C(CCc1cccc(Cl)c1)OCCCn1c(=O)[nH]c2ccccc2c1=O. The highest BCUT2D eigenvalue weighted by Crippen LogP contribution is 2.12. The molecule has 7 heteroatoms. The zero-order chi connectivity index (χ0) is 19.2. The number of nitrogens with one attached hydrogen (secondary N) is 1. The molecule has 0 atom stereocenters. The third-order valence-electron chi connectivity index (χ3n) is 4.19. The normalized spacial score (nSPS) is 10.9. The van der Waals surface area contributed by atoms with Crippen molar-refractivity contribution in [3.8, 4) is 0 Å². The molecule has 6 nitrogen and oxygen atoms in total. The Morgan fingerprint density at radius 1 is 1.11 bits per heavy atom. The Balaban J connectivity index is 1.50. The number of rotatable bonds is 7. The van der Waals surface area contributed by atoms with Crippen molar-refractivity contribution in [3.63, 3.8) is 0 Å². The number of aromatic amines is 1. The molecular formula is C20H19ClN2O4. The number of benzene rings is 2. The van der Waals surface area contributed by atoms with E-state index in [-0.39, 0.29) is 31.1 Å². The number of esters is 1. The molecule has 140 valence electrons. The lowest BCUT2D eigenvalue weighted by Gasteiger charge is -2.08. The second kappa shape index (κ2) is 8.68. The molecule has 0 spiro atoms. The standard InChI is InChI=1S/C20H19ClN2O4/c21-15-6-3-5-14(13-15)9-10-18(24)27-12-4-11-23-19(25)16-7-1-2-8-17(16)22-20(23)26/h1-3,5-8,13H,4,9-12H2,(H,22,26). The quantitative estimate of drug-likeness (QED) is 0.500. The minimum absolute atomic E-state index is 0.146. The van der Waals surface area contributed by atoms with Gasteiger partial charge >= 0.3 is 11.7 Å². The van der Waals surface area contributed by atoms with E-state index in [1.165, 1.54) is 0 Å². The van der Waals surface area contributed by atoms with E-state index in [0.29, 0.717) is 28.8 Å². The van der Waals surface area contributed by atoms with Crippen molar-refractivity contribution < 1.29 is 9.53 Å². The maximum Gasteiger partial charge on any atom is 0.328 e. The van der Waals surface area contributed by atoms with Crippen molar-refractivity contribution in [2.75, 3.05) is 6.61 Å². The fraction of sp³-hybridized carbons (Fsp3) is 0.250. The van der Waals surface area contributed by atoms with E-state index in [1.807, 2.05) is 18.2 Å². The number of hydrogen-bond donors (Lipinski definition) is 1. The summed E-state index contributed by atoms with van der Waals surface area (Å²) in [5, 5.41) is 1.09. The van der Waals surface area contributed by atoms with Gasteiger partial charge in [0.2, 0.25) is 0 Å². The summed E-state index contributed by atoms with van der Waals surface area (Å²) >= 11 is 5.91. The molecule has 0 aliphatic carbocycles. The van der Waals surface area contributed by atoms with Gasteiger partial charge in [-0.3, -0.25) is 14.2 Å². The molecule has 27 heavy (non-hydrogen) atoms. The summed E-state index contributed by atoms with van der Waals surface area (Å²) in [4.78, 5) is 39.0. The van der Waals surface area contributed by atoms with Gasteiger partial charge in [0.05, 0.1) is 17.5 Å². The van der Waals surface area contributed by atoms with Gasteiger partial charge in [-0.05, 0) is 42.7 Å². The molecule has 1 N–H and O–H groups in total. The number of carbonyl (C=O) groups is 1. The van der Waals surface area contributed by atoms with Crippen LogP contribution in [-0.2, 0) is 22.5 Å². The number of para-hydroxylation sites is 1. The molecule has 3 rings (SSSR count). The fourth-order valence-electron chi connectivity index (χ4n) is 2.82. The number of halogens is 1. The number of H-pyrrole nitrogens is 1. The number of ether oxygens (including phenoxy) is 1. The van der Waals surface area contributed by atoms with Gasteiger partial charge in [-0.25, -0.2) is 4.79 Å². The van der Waals surface area contributed by atoms with E-state index >= 15 is 0 Å². The highest BCUT2D eigenvalue weighted by molar-refractivity contribution is 6.30. The van der Waals surface area contributed by atoms with Crippen molar-refractivity contribution in [3.05, 3.63) is 80.0 Å². The number of hydrogen-bond acceptors (Lipinski definition) is 4. The second-order valence-electron chi connectivity index (χ2n) is 6.14. The third kappa shape index (κ3) is 4.86. The number of nitrogens with zero attached hydrogens (tertiary/aromatic N) is 1. The maximum atomic E-state index is 12.4. The van der Waals surface area contributed by atoms with Crippen molar-refractivity contribution in [2.24, 2.45) is 0 Å². The molecule has 1 aromatic heterocycles. The Labute approximate surface area is 160 Å². The van der Waals surface area contributed by atoms with Crippen LogP contribution in [0.4, 0.5) is 0 Å². The van der Waals surface area contributed by atoms with E-state index < -0.39 is 5.69 Å². The predicted molar refractivity (Wildman–Crippen MR) is 104 cm³/mol. The van der Waals surface area contributed by atoms with Crippen LogP contribution in [0, 0.1) is 0 Å². The van der Waals surface area contributed by atoms with Crippen molar-refractivity contribution >= 4 is 28.5 Å². The first-order valence-electron chi connectivity index (χ1n) is 8.66. The van der Waals surface area contributed by atoms with Crippen LogP contribution in [0.15, 0.2) is 58.1 Å². The molecule has 0 saturated carbocycles. The lowest BCUT2D eigenvalue weighted by atomic mass is 10.1. The van der Waals surface area contributed by atoms with Crippen LogP contribution in [-0.4, -0.2) is 22.1 Å². The van der Waals surface area contributed by atoms with E-state index in [1.54, 1.807) is 30.3 Å². The predicted octanol–water partition coefficient (Wildman–Crippen LogP) is 2.91. The third-order valence-corrected chi connectivity index (χ3v) is 4.42. The molecule has 0 radical (unpaired) electrons. The number of aromatic nitrogens is 2. The zero-order valence-electron chi connectivity index (χ0n) is 14.6. The van der Waals surface area contributed by atoms with Gasteiger partial charge in [-0.2, -0.15) is 0 Å². The van der Waals surface area contributed by atoms with Gasteiger partial charge in [-0.1, -0.05) is 35.9 Å². The molecule has 0 aliphatic heterocycles. The van der Waals surface area contributed by atoms with Gasteiger partial charge < -0.3 is 9.72 Å². The van der Waals surface area contributed by atoms with E-state index in [0.717, 1.165) is 10.1 Å². The highest BCUT2D eigenvalue weighted by atomic mass is 35.5. The first-order valence-corrected chi connectivity index (χ1v) is 9.04. The number of fused-ring (bicyclic) bond motifs is 1. The lowest BCUT2D eigenvalue weighted by Crippen LogP contribution is -2.35. The summed E-state index contributed by atoms with van der Waals surface area (Å²) in [6.45, 7) is 0.327. The van der Waals surface area contributed by atoms with Crippen molar-refractivity contribution in [1.29, 1.82) is 0 Å². The van der Waals surface area contributed by atoms with Crippen LogP contribution < -0.4 is 11.2 Å². The molecule has 1 heterocycles. The van der Waals surface area contributed by atoms with Crippen molar-refractivity contribution in [2.45, 2.75) is 25.8 Å². The van der Waals surface area contributed by atoms with Crippen LogP contribution in [0.2, 0.25) is 5.02 Å². The van der Waals surface area contributed by atoms with Crippen LogP contribution in [0.5, 0.6) is 0 Å². The molecule has 0 unspecified atom stereocenters. The molecule has 0 fully saturated rings. The van der Waals surface area contributed by atoms with E-state index in [4.69, 9.17) is 16.3 Å². The summed E-state index contributed by atoms with van der Waals surface area (Å²) < 4.78 is 6.31. The summed E-state index contributed by atoms with van der Waals surface area (Å²) in [5.41, 5.74) is 0.664. The van der Waals surface area contributed by atoms with Gasteiger partial charge in [0.25, 0.3) is 5.56 Å². The summed E-state index contributed by atoms with van der Waals surface area (Å²) in [6, 6.07) is 14.2. The Morgan fingerprint density at radius 3 is 2.74 bits per heavy atom. The Hall–Kier alpha value is -2.86. The first kappa shape index (κ1) is 18.9. The van der Waals surface area contributed by atoms with Gasteiger partial charge in [0.1, 0.15) is 0 Å². The van der Waals surface area contributed by atoms with Crippen LogP contribution >= 0.6 is 11.6 Å². The van der Waals surface area contributed by atoms with Gasteiger partial charge in [0, 0.05) is 18.0 Å². The van der Waals surface area contributed by atoms with Gasteiger partial charge in [0.15, 0.2) is 0 Å². The van der Waals surface area contributed by atoms with Crippen LogP contribution in [0.1, 0.15) is 18.4 Å². The van der Waals surface area contributed by atoms with E-state index in [9.17, 15) is 14.4 Å². The smallest absolute Gasteiger partial charge is 0.328 e. The Bertz CT molecular complexity index is 1070. The van der Waals surface area contributed by atoms with Gasteiger partial charge in [-0.15, -0.1) is 0 Å². The fourth-order valence-corrected chi connectivity index (χ4v) is 3.03. The molecule has 3 aromatic rings. The Kier molecular flexibility index (Phi) is 6.08. The molecule has 0 bridgehead atoms. The summed E-state index contributed by atoms with van der Waals surface area (Å²) in [5.74, 6) is -0.324. The highest BCUT2D eigenvalue weighted by Gasteiger charge is 2.08. The summed E-state index contributed by atoms with van der Waals surface area (Å²) in [7, 11) is 0. The number of aryl methyl sites for hydroxylation is 1. The molecular weight excluding hydrogens is 368 g/mol. The second-order valence-corrected chi connectivity index (χ2v) is 6.57. The zero-order valence-corrected chi connectivity index (χ0v) is 15.4.